The molecule has 22 heavy (non-hydrogen) atoms. The number of carbonyl (C=O) groups excluding carboxylic acids is 1. The second kappa shape index (κ2) is 7.69. The van der Waals surface area contributed by atoms with Crippen molar-refractivity contribution in [3.8, 4) is 0 Å². The molecule has 0 aliphatic heterocycles. The maximum atomic E-state index is 11.6. The summed E-state index contributed by atoms with van der Waals surface area (Å²) in [5.41, 5.74) is 0. The van der Waals surface area contributed by atoms with Crippen LogP contribution in [0.1, 0.15) is 24.1 Å². The largest absolute Gasteiger partial charge is 0.481 e. The second-order valence-electron chi connectivity index (χ2n) is 4.82. The number of hydrogen-bond acceptors (Lipinski definition) is 6. The highest BCUT2D eigenvalue weighted by atomic mass is 32.1. The van der Waals surface area contributed by atoms with Crippen molar-refractivity contribution in [1.29, 1.82) is 0 Å². The summed E-state index contributed by atoms with van der Waals surface area (Å²) in [5, 5.41) is 15.3. The molecule has 0 saturated carbocycles. The number of carboxylic acids is 1. The molecule has 0 saturated heterocycles. The van der Waals surface area contributed by atoms with Gasteiger partial charge in [0.05, 0.1) is 5.39 Å². The first-order chi connectivity index (χ1) is 10.6. The minimum atomic E-state index is -0.852. The van der Waals surface area contributed by atoms with Crippen LogP contribution in [0.4, 0.5) is 5.82 Å². The summed E-state index contributed by atoms with van der Waals surface area (Å²) in [4.78, 5) is 32.5. The minimum Gasteiger partial charge on any atom is -0.481 e. The zero-order valence-corrected chi connectivity index (χ0v) is 13.1. The van der Waals surface area contributed by atoms with E-state index in [-0.39, 0.29) is 12.3 Å². The molecule has 0 bridgehead atoms. The van der Waals surface area contributed by atoms with Crippen LogP contribution >= 0.6 is 11.3 Å². The van der Waals surface area contributed by atoms with Crippen LogP contribution in [0.25, 0.3) is 10.2 Å². The lowest BCUT2D eigenvalue weighted by molar-refractivity contribution is -0.137. The lowest BCUT2D eigenvalue weighted by Gasteiger charge is -2.07. The zero-order valence-electron chi connectivity index (χ0n) is 12.3. The van der Waals surface area contributed by atoms with Crippen molar-refractivity contribution in [2.75, 3.05) is 18.4 Å². The van der Waals surface area contributed by atoms with E-state index in [1.807, 2.05) is 13.0 Å². The average molecular weight is 322 g/mol. The Labute approximate surface area is 131 Å². The molecule has 2 rings (SSSR count). The van der Waals surface area contributed by atoms with E-state index >= 15 is 0 Å². The third-order valence-corrected chi connectivity index (χ3v) is 3.95. The van der Waals surface area contributed by atoms with Crippen molar-refractivity contribution in [1.82, 2.24) is 15.3 Å². The predicted octanol–water partition coefficient (Wildman–Crippen LogP) is 1.78. The molecule has 7 nitrogen and oxygen atoms in total. The van der Waals surface area contributed by atoms with Crippen molar-refractivity contribution in [3.63, 3.8) is 0 Å². The van der Waals surface area contributed by atoms with Crippen LogP contribution in [0.2, 0.25) is 0 Å². The van der Waals surface area contributed by atoms with E-state index in [2.05, 4.69) is 20.6 Å². The highest BCUT2D eigenvalue weighted by Crippen LogP contribution is 2.27. The number of carboxylic acid groups (broad SMARTS) is 1. The van der Waals surface area contributed by atoms with Gasteiger partial charge in [-0.25, -0.2) is 9.97 Å². The summed E-state index contributed by atoms with van der Waals surface area (Å²) in [6, 6.07) is 2.02. The van der Waals surface area contributed by atoms with E-state index in [4.69, 9.17) is 5.11 Å². The molecule has 0 aromatic carbocycles. The summed E-state index contributed by atoms with van der Waals surface area (Å²) in [7, 11) is 0. The van der Waals surface area contributed by atoms with Crippen molar-refractivity contribution >= 4 is 39.2 Å². The van der Waals surface area contributed by atoms with Gasteiger partial charge in [-0.15, -0.1) is 11.3 Å². The molecule has 0 unspecified atom stereocenters. The maximum Gasteiger partial charge on any atom is 0.303 e. The zero-order chi connectivity index (χ0) is 15.9. The fourth-order valence-corrected chi connectivity index (χ4v) is 2.81. The predicted molar refractivity (Wildman–Crippen MR) is 85.1 cm³/mol. The molecular weight excluding hydrogens is 304 g/mol. The number of rotatable bonds is 8. The van der Waals surface area contributed by atoms with Gasteiger partial charge in [0, 0.05) is 30.8 Å². The molecule has 1 amide bonds. The smallest absolute Gasteiger partial charge is 0.303 e. The van der Waals surface area contributed by atoms with E-state index < -0.39 is 5.97 Å². The quantitative estimate of drug-likeness (QED) is 0.640. The third kappa shape index (κ3) is 4.66. The van der Waals surface area contributed by atoms with E-state index in [0.29, 0.717) is 25.9 Å². The number of aliphatic carboxylic acids is 1. The monoisotopic (exact) mass is 322 g/mol. The Hall–Kier alpha value is -2.22. The molecule has 2 aromatic heterocycles. The summed E-state index contributed by atoms with van der Waals surface area (Å²) in [6.07, 6.45) is 2.32. The number of thiophene rings is 1. The molecule has 118 valence electrons. The number of nitrogens with zero attached hydrogens (tertiary/aromatic N) is 2. The molecular formula is C14H18N4O3S. The summed E-state index contributed by atoms with van der Waals surface area (Å²) < 4.78 is 0. The van der Waals surface area contributed by atoms with Gasteiger partial charge in [0.2, 0.25) is 5.91 Å². The van der Waals surface area contributed by atoms with Gasteiger partial charge in [-0.2, -0.15) is 0 Å². The number of aromatic nitrogens is 2. The maximum absolute atomic E-state index is 11.6. The van der Waals surface area contributed by atoms with Gasteiger partial charge in [0.25, 0.3) is 0 Å². The van der Waals surface area contributed by atoms with Crippen LogP contribution in [0.3, 0.4) is 0 Å². The van der Waals surface area contributed by atoms with Crippen LogP contribution in [0.15, 0.2) is 12.4 Å². The highest BCUT2D eigenvalue weighted by Gasteiger charge is 2.07. The van der Waals surface area contributed by atoms with Crippen molar-refractivity contribution in [3.05, 3.63) is 17.3 Å². The fourth-order valence-electron chi connectivity index (χ4n) is 1.97. The Bertz CT molecular complexity index is 671. The average Bonchev–Trinajstić information content (AvgIpc) is 2.84. The minimum absolute atomic E-state index is 0.0644. The third-order valence-electron chi connectivity index (χ3n) is 2.99. The molecule has 2 heterocycles. The number of fused-ring (bicyclic) bond motifs is 1. The first kappa shape index (κ1) is 16.2. The van der Waals surface area contributed by atoms with E-state index in [1.54, 1.807) is 11.3 Å². The molecule has 0 aliphatic rings. The Balaban J connectivity index is 1.75. The van der Waals surface area contributed by atoms with Crippen LogP contribution < -0.4 is 10.6 Å². The Kier molecular flexibility index (Phi) is 5.65. The molecule has 3 N–H and O–H groups in total. The molecule has 2 aromatic rings. The highest BCUT2D eigenvalue weighted by molar-refractivity contribution is 7.18. The van der Waals surface area contributed by atoms with Crippen LogP contribution in [0, 0.1) is 6.92 Å². The van der Waals surface area contributed by atoms with Crippen LogP contribution in [0.5, 0.6) is 0 Å². The van der Waals surface area contributed by atoms with Gasteiger partial charge < -0.3 is 15.7 Å². The molecule has 0 aliphatic carbocycles. The van der Waals surface area contributed by atoms with Crippen molar-refractivity contribution in [2.24, 2.45) is 0 Å². The van der Waals surface area contributed by atoms with Crippen molar-refractivity contribution in [2.45, 2.75) is 26.2 Å². The lowest BCUT2D eigenvalue weighted by Crippen LogP contribution is -2.26. The molecule has 8 heteroatoms. The summed E-state index contributed by atoms with van der Waals surface area (Å²) >= 11 is 1.60. The van der Waals surface area contributed by atoms with E-state index in [9.17, 15) is 9.59 Å². The van der Waals surface area contributed by atoms with E-state index in [0.717, 1.165) is 20.9 Å². The van der Waals surface area contributed by atoms with Gasteiger partial charge in [0.1, 0.15) is 17.0 Å². The van der Waals surface area contributed by atoms with Crippen molar-refractivity contribution < 1.29 is 14.7 Å². The van der Waals surface area contributed by atoms with Gasteiger partial charge in [-0.3, -0.25) is 9.59 Å². The summed E-state index contributed by atoms with van der Waals surface area (Å²) in [6.45, 7) is 2.86. The molecule has 0 radical (unpaired) electrons. The number of nitrogens with one attached hydrogen (secondary N) is 2. The van der Waals surface area contributed by atoms with Gasteiger partial charge in [-0.05, 0) is 19.4 Å². The first-order valence-corrected chi connectivity index (χ1v) is 7.81. The van der Waals surface area contributed by atoms with Gasteiger partial charge in [-0.1, -0.05) is 0 Å². The number of carbonyl (C=O) groups is 2. The Morgan fingerprint density at radius 2 is 2.09 bits per heavy atom. The summed E-state index contributed by atoms with van der Waals surface area (Å²) in [5.74, 6) is -0.229. The normalized spacial score (nSPS) is 10.6. The molecule has 0 spiro atoms. The number of aryl methyl sites for hydroxylation is 1. The number of amides is 1. The number of anilines is 1. The first-order valence-electron chi connectivity index (χ1n) is 7.00. The number of hydrogen-bond donors (Lipinski definition) is 3. The van der Waals surface area contributed by atoms with Crippen LogP contribution in [-0.2, 0) is 9.59 Å². The van der Waals surface area contributed by atoms with Gasteiger partial charge in [0.15, 0.2) is 0 Å². The van der Waals surface area contributed by atoms with Gasteiger partial charge >= 0.3 is 5.97 Å². The molecule has 0 atom stereocenters. The van der Waals surface area contributed by atoms with Crippen LogP contribution in [-0.4, -0.2) is 40.0 Å². The lowest BCUT2D eigenvalue weighted by atomic mass is 10.3. The SMILES string of the molecule is Cc1cc2c(NCCC(=O)NCCCC(=O)O)ncnc2s1. The Morgan fingerprint density at radius 1 is 1.27 bits per heavy atom. The topological polar surface area (TPSA) is 104 Å². The molecule has 0 fully saturated rings. The Morgan fingerprint density at radius 3 is 2.86 bits per heavy atom. The second-order valence-corrected chi connectivity index (χ2v) is 6.06. The fraction of sp³-hybridized carbons (Fsp3) is 0.429. The van der Waals surface area contributed by atoms with E-state index in [1.165, 1.54) is 6.33 Å². The standard InChI is InChI=1S/C14H18N4O3S/c1-9-7-10-13(17-8-18-14(10)22-9)16-6-4-11(19)15-5-2-3-12(20)21/h7-8H,2-6H2,1H3,(H,15,19)(H,20,21)(H,16,17,18).